The number of nitrogens with zero attached hydrogens (tertiary/aromatic N) is 5. The Bertz CT molecular complexity index is 3430. The predicted molar refractivity (Wildman–Crippen MR) is 268 cm³/mol. The summed E-state index contributed by atoms with van der Waals surface area (Å²) in [4.78, 5) is 16.3. The van der Waals surface area contributed by atoms with Gasteiger partial charge in [-0.05, 0) is 56.6 Å². The van der Waals surface area contributed by atoms with Gasteiger partial charge in [0.2, 0.25) is 11.9 Å². The molecular formula is C57H38ClN5Si. The zero-order chi connectivity index (χ0) is 42.6. The van der Waals surface area contributed by atoms with Crippen LogP contribution in [0.15, 0.2) is 231 Å². The topological polar surface area (TPSA) is 48.5 Å². The largest absolute Gasteiger partial charge is 0.278 e. The lowest BCUT2D eigenvalue weighted by Crippen LogP contribution is -2.74. The van der Waals surface area contributed by atoms with Crippen molar-refractivity contribution in [1.82, 2.24) is 24.1 Å². The van der Waals surface area contributed by atoms with E-state index >= 15 is 0 Å². The fraction of sp³-hybridized carbons (Fsp3) is 0. The number of para-hydroxylation sites is 4. The third kappa shape index (κ3) is 6.03. The fourth-order valence-corrected chi connectivity index (χ4v) is 14.9. The second-order valence-corrected chi connectivity index (χ2v) is 20.3. The summed E-state index contributed by atoms with van der Waals surface area (Å²) in [6.07, 6.45) is 0. The molecule has 0 fully saturated rings. The van der Waals surface area contributed by atoms with E-state index in [1.807, 2.05) is 18.2 Å². The van der Waals surface area contributed by atoms with Crippen molar-refractivity contribution in [2.45, 2.75) is 0 Å². The molecule has 64 heavy (non-hydrogen) atoms. The zero-order valence-corrected chi connectivity index (χ0v) is 36.3. The second-order valence-electron chi connectivity index (χ2n) is 16.1. The number of fused-ring (bicyclic) bond motifs is 6. The van der Waals surface area contributed by atoms with Crippen LogP contribution < -0.4 is 20.7 Å². The third-order valence-corrected chi connectivity index (χ3v) is 17.7. The lowest BCUT2D eigenvalue weighted by Gasteiger charge is -2.35. The van der Waals surface area contributed by atoms with Gasteiger partial charge in [0.25, 0.3) is 0 Å². The van der Waals surface area contributed by atoms with Crippen LogP contribution in [0.2, 0.25) is 5.02 Å². The van der Waals surface area contributed by atoms with E-state index in [9.17, 15) is 0 Å². The first-order chi connectivity index (χ1) is 31.7. The van der Waals surface area contributed by atoms with E-state index in [0.29, 0.717) is 17.7 Å². The molecule has 0 unspecified atom stereocenters. The summed E-state index contributed by atoms with van der Waals surface area (Å²) in [6, 6.07) is 81.9. The summed E-state index contributed by atoms with van der Waals surface area (Å²) in [6.45, 7) is 0. The number of rotatable bonds is 8. The summed E-state index contributed by atoms with van der Waals surface area (Å²) in [7, 11) is -3.05. The molecule has 0 amide bonds. The average molecular weight is 857 g/mol. The van der Waals surface area contributed by atoms with Crippen LogP contribution in [0.4, 0.5) is 0 Å². The summed E-state index contributed by atoms with van der Waals surface area (Å²) in [5.41, 5.74) is 7.09. The monoisotopic (exact) mass is 855 g/mol. The van der Waals surface area contributed by atoms with Crippen molar-refractivity contribution >= 4 is 84.0 Å². The number of aromatic nitrogens is 5. The maximum atomic E-state index is 6.88. The minimum atomic E-state index is -3.05. The summed E-state index contributed by atoms with van der Waals surface area (Å²) < 4.78 is 4.37. The van der Waals surface area contributed by atoms with Crippen LogP contribution >= 0.6 is 11.6 Å². The molecule has 5 nitrogen and oxygen atoms in total. The Morgan fingerprint density at radius 1 is 0.328 bits per heavy atom. The molecule has 0 aliphatic rings. The Morgan fingerprint density at radius 2 is 0.703 bits per heavy atom. The Hall–Kier alpha value is -7.90. The SMILES string of the molecule is Clc1ccccc1-c1cccc([Si](c2ccccc2)(c2ccccc2)c2cccc(-c3nc(-n4c5ccccc5c5ccccc54)nc(-n4c5ccccc5c5ccccc54)n3)c2)c1. The van der Waals surface area contributed by atoms with Gasteiger partial charge in [0.1, 0.15) is 0 Å². The van der Waals surface area contributed by atoms with E-state index in [0.717, 1.165) is 65.3 Å². The van der Waals surface area contributed by atoms with Gasteiger partial charge in [-0.2, -0.15) is 15.0 Å². The summed E-state index contributed by atoms with van der Waals surface area (Å²) >= 11 is 6.88. The molecule has 12 aromatic rings. The first kappa shape index (κ1) is 37.8. The van der Waals surface area contributed by atoms with Crippen molar-refractivity contribution in [3.8, 4) is 34.4 Å². The molecule has 0 spiro atoms. The Labute approximate surface area is 376 Å². The summed E-state index contributed by atoms with van der Waals surface area (Å²) in [5, 5.41) is 10.3. The number of benzene rings is 9. The second kappa shape index (κ2) is 15.5. The van der Waals surface area contributed by atoms with Crippen molar-refractivity contribution in [3.63, 3.8) is 0 Å². The van der Waals surface area contributed by atoms with E-state index in [2.05, 4.69) is 221 Å². The Kier molecular flexibility index (Phi) is 9.14. The van der Waals surface area contributed by atoms with Gasteiger partial charge in [-0.25, -0.2) is 0 Å². The molecule has 0 saturated carbocycles. The molecule has 302 valence electrons. The van der Waals surface area contributed by atoms with Crippen LogP contribution in [0.25, 0.3) is 78.0 Å². The van der Waals surface area contributed by atoms with Crippen LogP contribution in [0.5, 0.6) is 0 Å². The quantitative estimate of drug-likeness (QED) is 0.113. The van der Waals surface area contributed by atoms with E-state index in [1.54, 1.807) is 0 Å². The molecule has 0 bridgehead atoms. The Morgan fingerprint density at radius 3 is 1.17 bits per heavy atom. The van der Waals surface area contributed by atoms with Gasteiger partial charge >= 0.3 is 0 Å². The van der Waals surface area contributed by atoms with E-state index < -0.39 is 8.07 Å². The molecule has 7 heteroatoms. The molecule has 0 aliphatic carbocycles. The third-order valence-electron chi connectivity index (χ3n) is 12.6. The fourth-order valence-electron chi connectivity index (χ4n) is 9.84. The molecule has 3 heterocycles. The zero-order valence-electron chi connectivity index (χ0n) is 34.6. The highest BCUT2D eigenvalue weighted by molar-refractivity contribution is 7.20. The van der Waals surface area contributed by atoms with Crippen LogP contribution in [0.3, 0.4) is 0 Å². The van der Waals surface area contributed by atoms with Crippen LogP contribution in [-0.2, 0) is 0 Å². The predicted octanol–water partition coefficient (Wildman–Crippen LogP) is 11.4. The van der Waals surface area contributed by atoms with Gasteiger partial charge in [-0.1, -0.05) is 212 Å². The van der Waals surface area contributed by atoms with Gasteiger partial charge < -0.3 is 0 Å². The first-order valence-corrected chi connectivity index (χ1v) is 23.9. The van der Waals surface area contributed by atoms with Crippen LogP contribution in [-0.4, -0.2) is 32.2 Å². The molecule has 0 aliphatic heterocycles. The molecule has 0 saturated heterocycles. The number of hydrogen-bond donors (Lipinski definition) is 0. The van der Waals surface area contributed by atoms with Gasteiger partial charge in [0, 0.05) is 37.7 Å². The highest BCUT2D eigenvalue weighted by atomic mass is 35.5. The smallest absolute Gasteiger partial charge is 0.240 e. The highest BCUT2D eigenvalue weighted by Crippen LogP contribution is 2.35. The van der Waals surface area contributed by atoms with Gasteiger partial charge in [0.05, 0.1) is 22.1 Å². The van der Waals surface area contributed by atoms with E-state index in [-0.39, 0.29) is 0 Å². The molecule has 12 rings (SSSR count). The molecule has 0 N–H and O–H groups in total. The lowest BCUT2D eigenvalue weighted by molar-refractivity contribution is 0.893. The minimum absolute atomic E-state index is 0.548. The number of halogens is 1. The van der Waals surface area contributed by atoms with Crippen molar-refractivity contribution in [1.29, 1.82) is 0 Å². The van der Waals surface area contributed by atoms with Crippen molar-refractivity contribution in [3.05, 3.63) is 236 Å². The molecule has 0 radical (unpaired) electrons. The van der Waals surface area contributed by atoms with Crippen molar-refractivity contribution < 1.29 is 0 Å². The molecular weight excluding hydrogens is 818 g/mol. The maximum Gasteiger partial charge on any atom is 0.240 e. The first-order valence-electron chi connectivity index (χ1n) is 21.5. The minimum Gasteiger partial charge on any atom is -0.278 e. The van der Waals surface area contributed by atoms with Gasteiger partial charge in [-0.3, -0.25) is 9.13 Å². The standard InChI is InChI=1S/C57H38ClN5Si/c58-50-32-12-7-27-45(50)39-19-17-25-43(37-39)64(41-21-3-1-4-22-41,42-23-5-2-6-24-42)44-26-18-20-40(38-44)55-59-56(62-51-33-13-8-28-46(51)47-29-9-14-34-52(47)62)61-57(60-55)63-53-35-15-10-30-48(53)49-31-11-16-36-54(49)63/h1-38H. The molecule has 3 aromatic heterocycles. The average Bonchev–Trinajstić information content (AvgIpc) is 3.88. The summed E-state index contributed by atoms with van der Waals surface area (Å²) in [5.74, 6) is 1.68. The highest BCUT2D eigenvalue weighted by Gasteiger charge is 2.42. The maximum absolute atomic E-state index is 6.88. The van der Waals surface area contributed by atoms with E-state index in [1.165, 1.54) is 20.7 Å². The molecule has 0 atom stereocenters. The van der Waals surface area contributed by atoms with Crippen molar-refractivity contribution in [2.75, 3.05) is 0 Å². The normalized spacial score (nSPS) is 11.8. The van der Waals surface area contributed by atoms with Crippen LogP contribution in [0, 0.1) is 0 Å². The number of hydrogen-bond acceptors (Lipinski definition) is 3. The lowest BCUT2D eigenvalue weighted by atomic mass is 10.1. The van der Waals surface area contributed by atoms with E-state index in [4.69, 9.17) is 26.6 Å². The van der Waals surface area contributed by atoms with Gasteiger partial charge in [-0.15, -0.1) is 0 Å². The van der Waals surface area contributed by atoms with Gasteiger partial charge in [0.15, 0.2) is 13.9 Å². The molecule has 9 aromatic carbocycles. The Balaban J connectivity index is 1.15. The van der Waals surface area contributed by atoms with Crippen molar-refractivity contribution in [2.24, 2.45) is 0 Å². The van der Waals surface area contributed by atoms with Crippen LogP contribution in [0.1, 0.15) is 0 Å².